The molecule has 0 bridgehead atoms. The van der Waals surface area contributed by atoms with Gasteiger partial charge < -0.3 is 11.1 Å². The first-order chi connectivity index (χ1) is 12.3. The molecule has 0 aliphatic carbocycles. The highest BCUT2D eigenvalue weighted by atomic mass is 19.4. The number of benzene rings is 2. The Kier molecular flexibility index (Phi) is 4.54. The fourth-order valence-electron chi connectivity index (χ4n) is 2.56. The van der Waals surface area contributed by atoms with Crippen LogP contribution in [0.4, 0.5) is 35.1 Å². The van der Waals surface area contributed by atoms with Gasteiger partial charge >= 0.3 is 6.18 Å². The maximum Gasteiger partial charge on any atom is 0.417 e. The van der Waals surface area contributed by atoms with E-state index in [4.69, 9.17) is 5.73 Å². The molecule has 0 spiro atoms. The summed E-state index contributed by atoms with van der Waals surface area (Å²) in [6.07, 6.45) is -4.01. The minimum Gasteiger partial charge on any atom is -0.368 e. The molecule has 2 aromatic carbocycles. The van der Waals surface area contributed by atoms with E-state index >= 15 is 0 Å². The molecule has 1 aromatic heterocycles. The first-order valence-corrected chi connectivity index (χ1v) is 7.73. The highest BCUT2D eigenvalue weighted by Crippen LogP contribution is 2.40. The van der Waals surface area contributed by atoms with Crippen LogP contribution in [-0.4, -0.2) is 15.2 Å². The van der Waals surface area contributed by atoms with Crippen LogP contribution >= 0.6 is 0 Å². The van der Waals surface area contributed by atoms with Crippen LogP contribution in [0.5, 0.6) is 0 Å². The highest BCUT2D eigenvalue weighted by Gasteiger charge is 2.36. The van der Waals surface area contributed by atoms with E-state index < -0.39 is 23.1 Å². The van der Waals surface area contributed by atoms with E-state index in [9.17, 15) is 17.6 Å². The molecule has 0 atom stereocenters. The van der Waals surface area contributed by atoms with Crippen LogP contribution in [0.1, 0.15) is 18.1 Å². The number of rotatable bonds is 4. The van der Waals surface area contributed by atoms with Gasteiger partial charge in [0.1, 0.15) is 5.82 Å². The zero-order valence-electron chi connectivity index (χ0n) is 13.7. The number of halogens is 4. The van der Waals surface area contributed by atoms with Crippen molar-refractivity contribution < 1.29 is 17.6 Å². The Hall–Kier alpha value is -3.10. The summed E-state index contributed by atoms with van der Waals surface area (Å²) in [6.45, 7) is 1.92. The van der Waals surface area contributed by atoms with Crippen molar-refractivity contribution in [2.75, 3.05) is 11.1 Å². The minimum atomic E-state index is -4.74. The Morgan fingerprint density at radius 1 is 1.15 bits per heavy atom. The molecule has 3 rings (SSSR count). The first-order valence-electron chi connectivity index (χ1n) is 7.73. The zero-order valence-corrected chi connectivity index (χ0v) is 13.7. The lowest BCUT2D eigenvalue weighted by Gasteiger charge is -2.16. The van der Waals surface area contributed by atoms with Gasteiger partial charge in [0.2, 0.25) is 11.9 Å². The maximum atomic E-state index is 14.6. The predicted molar refractivity (Wildman–Crippen MR) is 90.3 cm³/mol. The van der Waals surface area contributed by atoms with Crippen LogP contribution in [0, 0.1) is 5.82 Å². The molecule has 136 valence electrons. The quantitative estimate of drug-likeness (QED) is 0.594. The summed E-state index contributed by atoms with van der Waals surface area (Å²) in [5, 5.41) is 8.49. The number of alkyl halides is 3. The number of aromatic amines is 1. The van der Waals surface area contributed by atoms with Crippen LogP contribution < -0.4 is 11.1 Å². The second-order valence-electron chi connectivity index (χ2n) is 5.60. The molecule has 3 aromatic rings. The fraction of sp³-hybridized carbons (Fsp3) is 0.176. The molecule has 26 heavy (non-hydrogen) atoms. The Morgan fingerprint density at radius 3 is 2.38 bits per heavy atom. The molecule has 4 N–H and O–H groups in total. The average Bonchev–Trinajstić information content (AvgIpc) is 2.98. The van der Waals surface area contributed by atoms with Gasteiger partial charge in [0.05, 0.1) is 5.56 Å². The predicted octanol–water partition coefficient (Wildman–Crippen LogP) is 4.52. The molecule has 0 amide bonds. The number of aryl methyl sites for hydroxylation is 1. The van der Waals surface area contributed by atoms with Gasteiger partial charge in [-0.3, -0.25) is 0 Å². The van der Waals surface area contributed by atoms with E-state index in [1.807, 2.05) is 6.92 Å². The molecular formula is C17H15F4N5. The van der Waals surface area contributed by atoms with Crippen molar-refractivity contribution in [3.05, 3.63) is 53.3 Å². The summed E-state index contributed by atoms with van der Waals surface area (Å²) in [5.41, 5.74) is 4.74. The molecular weight excluding hydrogens is 350 g/mol. The van der Waals surface area contributed by atoms with E-state index in [2.05, 4.69) is 20.5 Å². The number of nitrogens with two attached hydrogens (primary N) is 1. The summed E-state index contributed by atoms with van der Waals surface area (Å²) in [4.78, 5) is 3.72. The number of aromatic nitrogens is 3. The van der Waals surface area contributed by atoms with Crippen molar-refractivity contribution in [1.82, 2.24) is 15.2 Å². The Bertz CT molecular complexity index is 916. The van der Waals surface area contributed by atoms with Gasteiger partial charge in [-0.05, 0) is 29.7 Å². The third kappa shape index (κ3) is 3.61. The molecule has 0 aliphatic heterocycles. The second-order valence-corrected chi connectivity index (χ2v) is 5.60. The lowest BCUT2D eigenvalue weighted by atomic mass is 9.96. The van der Waals surface area contributed by atoms with E-state index in [0.29, 0.717) is 0 Å². The number of hydrogen-bond donors (Lipinski definition) is 3. The fourth-order valence-corrected chi connectivity index (χ4v) is 2.56. The summed E-state index contributed by atoms with van der Waals surface area (Å²) in [5.74, 6) is -1.08. The molecule has 0 saturated heterocycles. The van der Waals surface area contributed by atoms with E-state index in [1.165, 1.54) is 12.1 Å². The molecule has 0 radical (unpaired) electrons. The van der Waals surface area contributed by atoms with Crippen molar-refractivity contribution in [2.24, 2.45) is 0 Å². The number of H-pyrrole nitrogens is 1. The number of nitrogen functional groups attached to an aromatic ring is 1. The van der Waals surface area contributed by atoms with Gasteiger partial charge in [0.25, 0.3) is 0 Å². The van der Waals surface area contributed by atoms with Crippen molar-refractivity contribution in [3.8, 4) is 11.1 Å². The molecule has 0 unspecified atom stereocenters. The molecule has 9 heteroatoms. The number of nitrogens with zero attached hydrogens (tertiary/aromatic N) is 2. The maximum absolute atomic E-state index is 14.6. The Balaban J connectivity index is 2.08. The van der Waals surface area contributed by atoms with Crippen LogP contribution in [0.15, 0.2) is 36.4 Å². The molecule has 0 fully saturated rings. The lowest BCUT2D eigenvalue weighted by molar-refractivity contribution is -0.137. The Morgan fingerprint density at radius 2 is 1.85 bits per heavy atom. The van der Waals surface area contributed by atoms with Gasteiger partial charge in [0, 0.05) is 11.3 Å². The molecule has 0 saturated carbocycles. The van der Waals surface area contributed by atoms with Crippen molar-refractivity contribution in [1.29, 1.82) is 0 Å². The van der Waals surface area contributed by atoms with E-state index in [1.54, 1.807) is 12.1 Å². The molecule has 1 heterocycles. The number of nitrogens with one attached hydrogen (secondary N) is 2. The third-order valence-corrected chi connectivity index (χ3v) is 3.81. The van der Waals surface area contributed by atoms with Crippen molar-refractivity contribution in [2.45, 2.75) is 19.5 Å². The molecule has 5 nitrogen and oxygen atoms in total. The number of anilines is 3. The topological polar surface area (TPSA) is 79.6 Å². The highest BCUT2D eigenvalue weighted by molar-refractivity contribution is 5.73. The van der Waals surface area contributed by atoms with Crippen LogP contribution in [0.3, 0.4) is 0 Å². The minimum absolute atomic E-state index is 0.0170. The smallest absolute Gasteiger partial charge is 0.368 e. The standard InChI is InChI=1S/C17H15F4N5/c1-2-9-3-5-10(6-4-9)14-12(17(19,20)21)7-11(8-13(14)18)23-16-24-15(22)25-26-16/h3-8H,2H2,1H3,(H4,22,23,24,25,26). The van der Waals surface area contributed by atoms with Gasteiger partial charge in [-0.15, -0.1) is 5.10 Å². The van der Waals surface area contributed by atoms with Gasteiger partial charge in [0.15, 0.2) is 0 Å². The SMILES string of the molecule is CCc1ccc(-c2c(F)cc(Nc3n[nH]c(N)n3)cc2C(F)(F)F)cc1. The molecule has 0 aliphatic rings. The summed E-state index contributed by atoms with van der Waals surface area (Å²) in [6, 6.07) is 8.10. The zero-order chi connectivity index (χ0) is 18.9. The average molecular weight is 365 g/mol. The Labute approximate surface area is 146 Å². The first kappa shape index (κ1) is 17.7. The summed E-state index contributed by atoms with van der Waals surface area (Å²) in [7, 11) is 0. The van der Waals surface area contributed by atoms with Gasteiger partial charge in [-0.1, -0.05) is 31.2 Å². The van der Waals surface area contributed by atoms with Crippen LogP contribution in [0.2, 0.25) is 0 Å². The lowest BCUT2D eigenvalue weighted by Crippen LogP contribution is -2.10. The van der Waals surface area contributed by atoms with Crippen molar-refractivity contribution >= 4 is 17.6 Å². The largest absolute Gasteiger partial charge is 0.417 e. The third-order valence-electron chi connectivity index (χ3n) is 3.81. The summed E-state index contributed by atoms with van der Waals surface area (Å²) < 4.78 is 55.2. The van der Waals surface area contributed by atoms with E-state index in [-0.39, 0.29) is 23.1 Å². The normalized spacial score (nSPS) is 11.6. The summed E-state index contributed by atoms with van der Waals surface area (Å²) >= 11 is 0. The van der Waals surface area contributed by atoms with Crippen LogP contribution in [0.25, 0.3) is 11.1 Å². The number of hydrogen-bond acceptors (Lipinski definition) is 4. The van der Waals surface area contributed by atoms with Gasteiger partial charge in [-0.2, -0.15) is 18.2 Å². The second kappa shape index (κ2) is 6.66. The van der Waals surface area contributed by atoms with Crippen LogP contribution in [-0.2, 0) is 12.6 Å². The van der Waals surface area contributed by atoms with E-state index in [0.717, 1.165) is 24.1 Å². The van der Waals surface area contributed by atoms with Gasteiger partial charge in [-0.25, -0.2) is 9.49 Å². The van der Waals surface area contributed by atoms with Crippen molar-refractivity contribution in [3.63, 3.8) is 0 Å². The monoisotopic (exact) mass is 365 g/mol.